The second-order valence-corrected chi connectivity index (χ2v) is 7.00. The first-order valence-corrected chi connectivity index (χ1v) is 7.93. The molecule has 0 aliphatic rings. The van der Waals surface area contributed by atoms with Gasteiger partial charge in [0.15, 0.2) is 0 Å². The molecule has 0 aliphatic heterocycles. The number of halogens is 1. The van der Waals surface area contributed by atoms with E-state index in [4.69, 9.17) is 4.74 Å². The van der Waals surface area contributed by atoms with Gasteiger partial charge < -0.3 is 10.1 Å². The molecule has 0 atom stereocenters. The molecule has 0 radical (unpaired) electrons. The summed E-state index contributed by atoms with van der Waals surface area (Å²) in [7, 11) is 0. The van der Waals surface area contributed by atoms with E-state index in [1.165, 1.54) is 11.1 Å². The van der Waals surface area contributed by atoms with Gasteiger partial charge in [0.05, 0.1) is 4.47 Å². The summed E-state index contributed by atoms with van der Waals surface area (Å²) in [4.78, 5) is 0. The van der Waals surface area contributed by atoms with Gasteiger partial charge in [-0.2, -0.15) is 0 Å². The van der Waals surface area contributed by atoms with Gasteiger partial charge in [-0.15, -0.1) is 0 Å². The molecule has 0 spiro atoms. The number of benzene rings is 2. The maximum Gasteiger partial charge on any atom is 0.134 e. The van der Waals surface area contributed by atoms with Crippen molar-refractivity contribution in [3.05, 3.63) is 64.1 Å². The Morgan fingerprint density at radius 3 is 2.33 bits per heavy atom. The molecule has 0 aliphatic carbocycles. The van der Waals surface area contributed by atoms with Crippen molar-refractivity contribution >= 4 is 15.9 Å². The van der Waals surface area contributed by atoms with Gasteiger partial charge in [0.25, 0.3) is 0 Å². The second kappa shape index (κ2) is 7.10. The molecule has 0 bridgehead atoms. The van der Waals surface area contributed by atoms with Crippen molar-refractivity contribution in [1.82, 2.24) is 5.32 Å². The van der Waals surface area contributed by atoms with Crippen molar-refractivity contribution in [3.8, 4) is 5.75 Å². The third-order valence-electron chi connectivity index (χ3n) is 3.06. The van der Waals surface area contributed by atoms with Crippen LogP contribution in [0.25, 0.3) is 0 Å². The Kier molecular flexibility index (Phi) is 5.43. The zero-order valence-electron chi connectivity index (χ0n) is 12.8. The van der Waals surface area contributed by atoms with Crippen LogP contribution in [0.2, 0.25) is 0 Å². The van der Waals surface area contributed by atoms with Crippen molar-refractivity contribution in [1.29, 1.82) is 0 Å². The summed E-state index contributed by atoms with van der Waals surface area (Å²) in [6, 6.07) is 16.4. The van der Waals surface area contributed by atoms with E-state index in [0.717, 1.165) is 16.8 Å². The molecule has 2 nitrogen and oxygen atoms in total. The maximum atomic E-state index is 5.86. The normalized spacial score (nSPS) is 11.4. The summed E-state index contributed by atoms with van der Waals surface area (Å²) in [5.74, 6) is 0.873. The minimum atomic E-state index is 0.120. The highest BCUT2D eigenvalue weighted by molar-refractivity contribution is 9.10. The van der Waals surface area contributed by atoms with Crippen LogP contribution >= 0.6 is 15.9 Å². The number of rotatable bonds is 5. The van der Waals surface area contributed by atoms with Gasteiger partial charge in [0.2, 0.25) is 0 Å². The average molecular weight is 348 g/mol. The van der Waals surface area contributed by atoms with E-state index in [1.54, 1.807) is 0 Å². The van der Waals surface area contributed by atoms with Crippen molar-refractivity contribution in [2.75, 3.05) is 0 Å². The van der Waals surface area contributed by atoms with Crippen LogP contribution in [0.5, 0.6) is 5.75 Å². The lowest BCUT2D eigenvalue weighted by molar-refractivity contribution is 0.304. The largest absolute Gasteiger partial charge is 0.488 e. The smallest absolute Gasteiger partial charge is 0.134 e. The van der Waals surface area contributed by atoms with E-state index in [0.29, 0.717) is 6.61 Å². The predicted octanol–water partition coefficient (Wildman–Crippen LogP) is 4.92. The minimum Gasteiger partial charge on any atom is -0.488 e. The van der Waals surface area contributed by atoms with Crippen molar-refractivity contribution in [3.63, 3.8) is 0 Å². The van der Waals surface area contributed by atoms with Gasteiger partial charge in [-0.3, -0.25) is 0 Å². The van der Waals surface area contributed by atoms with Crippen LogP contribution in [0.1, 0.15) is 31.9 Å². The average Bonchev–Trinajstić information content (AvgIpc) is 2.44. The highest BCUT2D eigenvalue weighted by Gasteiger charge is 2.09. The van der Waals surface area contributed by atoms with Crippen molar-refractivity contribution in [2.24, 2.45) is 0 Å². The summed E-state index contributed by atoms with van der Waals surface area (Å²) in [6.07, 6.45) is 0. The van der Waals surface area contributed by atoms with E-state index in [1.807, 2.05) is 24.3 Å². The minimum absolute atomic E-state index is 0.120. The highest BCUT2D eigenvalue weighted by atomic mass is 79.9. The van der Waals surface area contributed by atoms with E-state index < -0.39 is 0 Å². The van der Waals surface area contributed by atoms with E-state index in [2.05, 4.69) is 66.3 Å². The Balaban J connectivity index is 1.96. The third-order valence-corrected chi connectivity index (χ3v) is 3.68. The molecule has 112 valence electrons. The fraction of sp³-hybridized carbons (Fsp3) is 0.333. The topological polar surface area (TPSA) is 21.3 Å². The zero-order valence-corrected chi connectivity index (χ0v) is 14.4. The Labute approximate surface area is 135 Å². The number of nitrogens with one attached hydrogen (secondary N) is 1. The monoisotopic (exact) mass is 347 g/mol. The molecule has 0 saturated carbocycles. The standard InChI is InChI=1S/C18H22BrNO/c1-18(2,3)20-12-15-9-10-17(16(19)11-15)21-13-14-7-5-4-6-8-14/h4-11,20H,12-13H2,1-3H3. The maximum absolute atomic E-state index is 5.86. The fourth-order valence-corrected chi connectivity index (χ4v) is 2.41. The van der Waals surface area contributed by atoms with Crippen LogP contribution in [-0.2, 0) is 13.2 Å². The lowest BCUT2D eigenvalue weighted by Crippen LogP contribution is -2.35. The van der Waals surface area contributed by atoms with Crippen LogP contribution in [0.4, 0.5) is 0 Å². The molecule has 1 N–H and O–H groups in total. The van der Waals surface area contributed by atoms with Crippen molar-refractivity contribution < 1.29 is 4.74 Å². The van der Waals surface area contributed by atoms with Gasteiger partial charge >= 0.3 is 0 Å². The molecule has 3 heteroatoms. The molecule has 0 unspecified atom stereocenters. The molecule has 2 aromatic carbocycles. The number of hydrogen-bond acceptors (Lipinski definition) is 2. The molecule has 2 rings (SSSR count). The summed E-state index contributed by atoms with van der Waals surface area (Å²) in [5.41, 5.74) is 2.53. The molecule has 0 saturated heterocycles. The fourth-order valence-electron chi connectivity index (χ4n) is 1.87. The Hall–Kier alpha value is -1.32. The van der Waals surface area contributed by atoms with Gasteiger partial charge in [-0.05, 0) is 60.0 Å². The van der Waals surface area contributed by atoms with Gasteiger partial charge in [0.1, 0.15) is 12.4 Å². The Morgan fingerprint density at radius 1 is 1.00 bits per heavy atom. The van der Waals surface area contributed by atoms with Crippen LogP contribution in [0, 0.1) is 0 Å². The molecule has 0 amide bonds. The zero-order chi connectivity index (χ0) is 15.3. The van der Waals surface area contributed by atoms with E-state index >= 15 is 0 Å². The molecule has 0 heterocycles. The van der Waals surface area contributed by atoms with Crippen LogP contribution < -0.4 is 10.1 Å². The Bertz CT molecular complexity index is 576. The summed E-state index contributed by atoms with van der Waals surface area (Å²) < 4.78 is 6.85. The molecule has 2 aromatic rings. The summed E-state index contributed by atoms with van der Waals surface area (Å²) >= 11 is 3.59. The molecule has 0 fully saturated rings. The third kappa shape index (κ3) is 5.52. The number of hydrogen-bond donors (Lipinski definition) is 1. The first-order valence-electron chi connectivity index (χ1n) is 7.14. The first-order chi connectivity index (χ1) is 9.94. The van der Waals surface area contributed by atoms with Crippen LogP contribution in [-0.4, -0.2) is 5.54 Å². The molecular weight excluding hydrogens is 326 g/mol. The van der Waals surface area contributed by atoms with Gasteiger partial charge in [-0.25, -0.2) is 0 Å². The molecular formula is C18H22BrNO. The lowest BCUT2D eigenvalue weighted by Gasteiger charge is -2.20. The van der Waals surface area contributed by atoms with Crippen molar-refractivity contribution in [2.45, 2.75) is 39.5 Å². The van der Waals surface area contributed by atoms with E-state index in [9.17, 15) is 0 Å². The van der Waals surface area contributed by atoms with Gasteiger partial charge in [-0.1, -0.05) is 36.4 Å². The van der Waals surface area contributed by atoms with Crippen LogP contribution in [0.15, 0.2) is 53.0 Å². The second-order valence-electron chi connectivity index (χ2n) is 6.14. The first kappa shape index (κ1) is 16.1. The van der Waals surface area contributed by atoms with E-state index in [-0.39, 0.29) is 5.54 Å². The van der Waals surface area contributed by atoms with Gasteiger partial charge in [0, 0.05) is 12.1 Å². The number of ether oxygens (including phenoxy) is 1. The summed E-state index contributed by atoms with van der Waals surface area (Å²) in [5, 5.41) is 3.48. The SMILES string of the molecule is CC(C)(C)NCc1ccc(OCc2ccccc2)c(Br)c1. The predicted molar refractivity (Wildman–Crippen MR) is 91.5 cm³/mol. The Morgan fingerprint density at radius 2 is 1.71 bits per heavy atom. The lowest BCUT2D eigenvalue weighted by atomic mass is 10.1. The summed E-state index contributed by atoms with van der Waals surface area (Å²) in [6.45, 7) is 7.93. The molecule has 0 aromatic heterocycles. The van der Waals surface area contributed by atoms with Crippen LogP contribution in [0.3, 0.4) is 0 Å². The quantitative estimate of drug-likeness (QED) is 0.828. The highest BCUT2D eigenvalue weighted by Crippen LogP contribution is 2.27. The molecule has 21 heavy (non-hydrogen) atoms.